The Hall–Kier alpha value is -2.63. The number of aromatic amines is 1. The summed E-state index contributed by atoms with van der Waals surface area (Å²) in [6, 6.07) is 7.37. The summed E-state index contributed by atoms with van der Waals surface area (Å²) in [6.07, 6.45) is 2.49. The van der Waals surface area contributed by atoms with Crippen LogP contribution in [0.4, 0.5) is 10.1 Å². The minimum absolute atomic E-state index is 0.0798. The lowest BCUT2D eigenvalue weighted by atomic mass is 10.3. The SMILES string of the molecule is N=C/N=c1/cc(Oc2ccc(N)cc2F)cc[nH]1. The molecule has 0 saturated heterocycles. The van der Waals surface area contributed by atoms with Crippen LogP contribution in [0.3, 0.4) is 0 Å². The van der Waals surface area contributed by atoms with Gasteiger partial charge in [-0.2, -0.15) is 0 Å². The molecule has 0 amide bonds. The van der Waals surface area contributed by atoms with Crippen molar-refractivity contribution < 1.29 is 9.13 Å². The van der Waals surface area contributed by atoms with E-state index in [1.807, 2.05) is 0 Å². The Morgan fingerprint density at radius 1 is 1.33 bits per heavy atom. The van der Waals surface area contributed by atoms with Gasteiger partial charge in [-0.1, -0.05) is 0 Å². The van der Waals surface area contributed by atoms with Gasteiger partial charge in [0, 0.05) is 24.0 Å². The molecular formula is C12H11FN4O. The molecular weight excluding hydrogens is 235 g/mol. The van der Waals surface area contributed by atoms with Gasteiger partial charge in [0.1, 0.15) is 17.6 Å². The van der Waals surface area contributed by atoms with Crippen LogP contribution >= 0.6 is 0 Å². The highest BCUT2D eigenvalue weighted by Crippen LogP contribution is 2.24. The number of anilines is 1. The summed E-state index contributed by atoms with van der Waals surface area (Å²) in [5, 5.41) is 6.86. The number of pyridine rings is 1. The number of nitrogens with zero attached hydrogens (tertiary/aromatic N) is 1. The molecule has 0 aliphatic heterocycles. The Morgan fingerprint density at radius 2 is 2.17 bits per heavy atom. The van der Waals surface area contributed by atoms with Crippen LogP contribution in [0.25, 0.3) is 0 Å². The molecule has 1 aromatic heterocycles. The molecule has 18 heavy (non-hydrogen) atoms. The van der Waals surface area contributed by atoms with Crippen LogP contribution in [0.2, 0.25) is 0 Å². The highest BCUT2D eigenvalue weighted by atomic mass is 19.1. The Bertz CT molecular complexity index is 636. The van der Waals surface area contributed by atoms with Crippen LogP contribution < -0.4 is 16.0 Å². The Morgan fingerprint density at radius 3 is 2.89 bits per heavy atom. The first-order chi connectivity index (χ1) is 8.69. The van der Waals surface area contributed by atoms with E-state index in [0.29, 0.717) is 16.9 Å². The molecule has 5 nitrogen and oxygen atoms in total. The topological polar surface area (TPSA) is 87.2 Å². The molecule has 0 fully saturated rings. The number of H-pyrrole nitrogens is 1. The molecule has 6 heteroatoms. The van der Waals surface area contributed by atoms with E-state index >= 15 is 0 Å². The van der Waals surface area contributed by atoms with E-state index in [2.05, 4.69) is 9.98 Å². The van der Waals surface area contributed by atoms with Crippen molar-refractivity contribution in [3.05, 3.63) is 47.8 Å². The van der Waals surface area contributed by atoms with Gasteiger partial charge in [0.25, 0.3) is 0 Å². The van der Waals surface area contributed by atoms with Crippen LogP contribution in [-0.2, 0) is 0 Å². The second-order valence-electron chi connectivity index (χ2n) is 3.46. The number of halogens is 1. The van der Waals surface area contributed by atoms with Crippen molar-refractivity contribution in [2.45, 2.75) is 0 Å². The molecule has 0 aliphatic carbocycles. The lowest BCUT2D eigenvalue weighted by Crippen LogP contribution is -2.06. The minimum atomic E-state index is -0.534. The van der Waals surface area contributed by atoms with Crippen molar-refractivity contribution in [1.29, 1.82) is 5.41 Å². The number of nitrogens with two attached hydrogens (primary N) is 1. The standard InChI is InChI=1S/C12H11FN4O/c13-10-5-8(15)1-2-11(10)18-9-3-4-16-12(6-9)17-7-14/h1-7H,15H2,(H2,14,16,17). The number of ether oxygens (including phenoxy) is 1. The van der Waals surface area contributed by atoms with Gasteiger partial charge in [-0.05, 0) is 18.2 Å². The molecule has 0 unspecified atom stereocenters. The zero-order valence-corrected chi connectivity index (χ0v) is 9.35. The first-order valence-electron chi connectivity index (χ1n) is 5.13. The van der Waals surface area contributed by atoms with E-state index < -0.39 is 5.82 Å². The van der Waals surface area contributed by atoms with E-state index in [1.165, 1.54) is 12.1 Å². The summed E-state index contributed by atoms with van der Waals surface area (Å²) in [4.78, 5) is 6.55. The average molecular weight is 246 g/mol. The fraction of sp³-hybridized carbons (Fsp3) is 0. The third-order valence-electron chi connectivity index (χ3n) is 2.15. The summed E-state index contributed by atoms with van der Waals surface area (Å²) in [7, 11) is 0. The van der Waals surface area contributed by atoms with Gasteiger partial charge in [-0.3, -0.25) is 5.41 Å². The number of nitrogen functional groups attached to an aromatic ring is 1. The molecule has 0 radical (unpaired) electrons. The Labute approximate surface area is 102 Å². The van der Waals surface area contributed by atoms with Gasteiger partial charge >= 0.3 is 0 Å². The molecule has 0 bridgehead atoms. The lowest BCUT2D eigenvalue weighted by Gasteiger charge is -2.06. The van der Waals surface area contributed by atoms with Crippen LogP contribution in [-0.4, -0.2) is 11.3 Å². The second-order valence-corrected chi connectivity index (χ2v) is 3.46. The van der Waals surface area contributed by atoms with E-state index in [9.17, 15) is 4.39 Å². The zero-order valence-electron chi connectivity index (χ0n) is 9.35. The third kappa shape index (κ3) is 2.73. The van der Waals surface area contributed by atoms with Gasteiger partial charge in [-0.25, -0.2) is 9.38 Å². The number of nitrogens with one attached hydrogen (secondary N) is 2. The molecule has 2 aromatic rings. The molecule has 2 rings (SSSR count). The first kappa shape index (κ1) is 11.8. The quantitative estimate of drug-likeness (QED) is 0.439. The summed E-state index contributed by atoms with van der Waals surface area (Å²) in [5.41, 5.74) is 6.22. The van der Waals surface area contributed by atoms with Gasteiger partial charge in [0.05, 0.1) is 0 Å². The van der Waals surface area contributed by atoms with Gasteiger partial charge in [0.15, 0.2) is 11.6 Å². The second kappa shape index (κ2) is 5.13. The lowest BCUT2D eigenvalue weighted by molar-refractivity contribution is 0.441. The van der Waals surface area contributed by atoms with Crippen molar-refractivity contribution in [2.24, 2.45) is 4.99 Å². The molecule has 4 N–H and O–H groups in total. The molecule has 0 saturated carbocycles. The zero-order chi connectivity index (χ0) is 13.0. The summed E-state index contributed by atoms with van der Waals surface area (Å²) < 4.78 is 18.9. The molecule has 92 valence electrons. The molecule has 0 atom stereocenters. The van der Waals surface area contributed by atoms with Crippen molar-refractivity contribution in [2.75, 3.05) is 5.73 Å². The Balaban J connectivity index is 2.31. The first-order valence-corrected chi connectivity index (χ1v) is 5.13. The number of benzene rings is 1. The summed E-state index contributed by atoms with van der Waals surface area (Å²) >= 11 is 0. The predicted molar refractivity (Wildman–Crippen MR) is 66.0 cm³/mol. The van der Waals surface area contributed by atoms with E-state index in [0.717, 1.165) is 6.34 Å². The molecule has 0 spiro atoms. The van der Waals surface area contributed by atoms with Crippen LogP contribution in [0, 0.1) is 11.2 Å². The van der Waals surface area contributed by atoms with Crippen molar-refractivity contribution >= 4 is 12.0 Å². The molecule has 1 aromatic carbocycles. The van der Waals surface area contributed by atoms with Gasteiger partial charge in [-0.15, -0.1) is 0 Å². The maximum absolute atomic E-state index is 13.5. The van der Waals surface area contributed by atoms with Crippen LogP contribution in [0.5, 0.6) is 11.5 Å². The number of aromatic nitrogens is 1. The van der Waals surface area contributed by atoms with Crippen LogP contribution in [0.15, 0.2) is 41.5 Å². The number of rotatable bonds is 3. The average Bonchev–Trinajstić information content (AvgIpc) is 2.34. The van der Waals surface area contributed by atoms with E-state index in [1.54, 1.807) is 24.4 Å². The molecule has 1 heterocycles. The van der Waals surface area contributed by atoms with E-state index in [-0.39, 0.29) is 5.75 Å². The van der Waals surface area contributed by atoms with Gasteiger partial charge < -0.3 is 15.5 Å². The van der Waals surface area contributed by atoms with Crippen LogP contribution in [0.1, 0.15) is 0 Å². The van der Waals surface area contributed by atoms with E-state index in [4.69, 9.17) is 15.9 Å². The number of hydrogen-bond acceptors (Lipinski definition) is 3. The smallest absolute Gasteiger partial charge is 0.167 e. The van der Waals surface area contributed by atoms with Crippen molar-refractivity contribution in [3.63, 3.8) is 0 Å². The third-order valence-corrected chi connectivity index (χ3v) is 2.15. The largest absolute Gasteiger partial charge is 0.454 e. The highest BCUT2D eigenvalue weighted by Gasteiger charge is 2.04. The number of hydrogen-bond donors (Lipinski definition) is 3. The highest BCUT2D eigenvalue weighted by molar-refractivity contribution is 5.50. The molecule has 0 aliphatic rings. The van der Waals surface area contributed by atoms with Crippen molar-refractivity contribution in [3.8, 4) is 11.5 Å². The normalized spacial score (nSPS) is 11.3. The minimum Gasteiger partial charge on any atom is -0.454 e. The maximum atomic E-state index is 13.5. The predicted octanol–water partition coefficient (Wildman–Crippen LogP) is 2.04. The van der Waals surface area contributed by atoms with Gasteiger partial charge in [0.2, 0.25) is 0 Å². The summed E-state index contributed by atoms with van der Waals surface area (Å²) in [6.45, 7) is 0. The maximum Gasteiger partial charge on any atom is 0.167 e. The fourth-order valence-corrected chi connectivity index (χ4v) is 1.37. The van der Waals surface area contributed by atoms with Crippen molar-refractivity contribution in [1.82, 2.24) is 4.98 Å². The summed E-state index contributed by atoms with van der Waals surface area (Å²) in [5.74, 6) is -0.0393. The monoisotopic (exact) mass is 246 g/mol. The fourth-order valence-electron chi connectivity index (χ4n) is 1.37. The Kier molecular flexibility index (Phi) is 3.38.